The molecule has 0 aliphatic heterocycles. The van der Waals surface area contributed by atoms with E-state index in [1.807, 2.05) is 0 Å². The molecule has 1 N–H and O–H groups in total. The summed E-state index contributed by atoms with van der Waals surface area (Å²) in [5.74, 6) is -1.46. The molecule has 1 aromatic carbocycles. The first kappa shape index (κ1) is 18.2. The number of carbonyl (C=O) groups excluding carboxylic acids is 1. The van der Waals surface area contributed by atoms with Crippen LogP contribution >= 0.6 is 15.9 Å². The van der Waals surface area contributed by atoms with Gasteiger partial charge in [0, 0.05) is 17.7 Å². The molecule has 0 fully saturated rings. The number of aliphatic hydroxyl groups is 1. The lowest BCUT2D eigenvalue weighted by molar-refractivity contribution is -0.142. The molecule has 22 heavy (non-hydrogen) atoms. The van der Waals surface area contributed by atoms with Gasteiger partial charge in [-0.3, -0.25) is 4.79 Å². The molecule has 0 aliphatic rings. The maximum Gasteiger partial charge on any atom is 0.310 e. The van der Waals surface area contributed by atoms with Crippen molar-refractivity contribution in [2.75, 3.05) is 6.61 Å². The number of hydrogen-bond acceptors (Lipinski definition) is 4. The quantitative estimate of drug-likeness (QED) is 0.456. The molecule has 0 saturated heterocycles. The van der Waals surface area contributed by atoms with Crippen LogP contribution in [0.25, 0.3) is 0 Å². The molecular weight excluding hydrogens is 362 g/mol. The number of carbonyl (C=O) groups is 1. The van der Waals surface area contributed by atoms with Crippen LogP contribution in [0.5, 0.6) is 5.75 Å². The fraction of sp³-hybridized carbons (Fsp3) is 0.267. The zero-order valence-corrected chi connectivity index (χ0v) is 13.6. The van der Waals surface area contributed by atoms with Crippen LogP contribution in [-0.2, 0) is 16.0 Å². The van der Waals surface area contributed by atoms with E-state index in [-0.39, 0.29) is 34.6 Å². The highest BCUT2D eigenvalue weighted by molar-refractivity contribution is 9.11. The van der Waals surface area contributed by atoms with Gasteiger partial charge in [0.2, 0.25) is 0 Å². The molecule has 1 aromatic rings. The second-order valence-electron chi connectivity index (χ2n) is 4.22. The van der Waals surface area contributed by atoms with Crippen molar-refractivity contribution in [3.05, 3.63) is 51.9 Å². The lowest BCUT2D eigenvalue weighted by Gasteiger charge is -2.09. The fourth-order valence-electron chi connectivity index (χ4n) is 1.48. The Morgan fingerprint density at radius 1 is 1.45 bits per heavy atom. The van der Waals surface area contributed by atoms with Gasteiger partial charge in [-0.2, -0.15) is 4.39 Å². The third-order valence-corrected chi connectivity index (χ3v) is 3.27. The molecule has 120 valence electrons. The Kier molecular flexibility index (Phi) is 7.04. The normalized spacial score (nSPS) is 12.7. The minimum atomic E-state index is -1.07. The average molecular weight is 377 g/mol. The van der Waals surface area contributed by atoms with E-state index in [4.69, 9.17) is 14.6 Å². The molecule has 4 nitrogen and oxygen atoms in total. The molecule has 0 amide bonds. The van der Waals surface area contributed by atoms with Crippen LogP contribution in [0.2, 0.25) is 0 Å². The van der Waals surface area contributed by atoms with Crippen LogP contribution in [-0.4, -0.2) is 17.7 Å². The Hall–Kier alpha value is -1.89. The van der Waals surface area contributed by atoms with Crippen molar-refractivity contribution < 1.29 is 28.2 Å². The van der Waals surface area contributed by atoms with E-state index in [0.29, 0.717) is 0 Å². The summed E-state index contributed by atoms with van der Waals surface area (Å²) in [7, 11) is 0. The highest BCUT2D eigenvalue weighted by atomic mass is 79.9. The number of aliphatic hydroxyl groups excluding tert-OH is 1. The van der Waals surface area contributed by atoms with E-state index in [1.165, 1.54) is 13.0 Å². The van der Waals surface area contributed by atoms with Gasteiger partial charge in [0.05, 0.1) is 17.5 Å². The first-order chi connectivity index (χ1) is 10.3. The van der Waals surface area contributed by atoms with Crippen molar-refractivity contribution >= 4 is 21.9 Å². The molecule has 0 saturated carbocycles. The minimum Gasteiger partial charge on any atom is -0.511 e. The topological polar surface area (TPSA) is 55.8 Å². The van der Waals surface area contributed by atoms with Crippen molar-refractivity contribution in [3.63, 3.8) is 0 Å². The standard InChI is InChI=1S/C15H15BrF2O4/c1-3-21-15(20)6-10-4-5-11(17)7-13(10)22-14(18)8-12(16)9(2)19/h4-5,7-8,19H,3,6H2,1-2H3/b12-9-,14-8?. The minimum absolute atomic E-state index is 0.0772. The molecule has 0 aliphatic carbocycles. The molecule has 0 aromatic heterocycles. The van der Waals surface area contributed by atoms with Gasteiger partial charge in [-0.25, -0.2) is 4.39 Å². The number of rotatable bonds is 6. The first-order valence-electron chi connectivity index (χ1n) is 6.38. The number of halogens is 3. The van der Waals surface area contributed by atoms with Crippen LogP contribution < -0.4 is 4.74 Å². The van der Waals surface area contributed by atoms with Gasteiger partial charge in [-0.1, -0.05) is 6.07 Å². The SMILES string of the molecule is CCOC(=O)Cc1ccc(F)cc1OC(F)=C/C(Br)=C(\C)O. The van der Waals surface area contributed by atoms with Crippen LogP contribution in [0.4, 0.5) is 8.78 Å². The smallest absolute Gasteiger partial charge is 0.310 e. The molecule has 0 heterocycles. The highest BCUT2D eigenvalue weighted by Gasteiger charge is 2.13. The zero-order chi connectivity index (χ0) is 16.7. The van der Waals surface area contributed by atoms with E-state index in [0.717, 1.165) is 18.2 Å². The second kappa shape index (κ2) is 8.53. The maximum absolute atomic E-state index is 13.7. The summed E-state index contributed by atoms with van der Waals surface area (Å²) in [5.41, 5.74) is 0.282. The molecule has 0 bridgehead atoms. The lowest BCUT2D eigenvalue weighted by atomic mass is 10.1. The van der Waals surface area contributed by atoms with Gasteiger partial charge in [0.25, 0.3) is 6.01 Å². The summed E-state index contributed by atoms with van der Waals surface area (Å²) in [6, 6.07) is 2.34. The van der Waals surface area contributed by atoms with Crippen LogP contribution in [0.15, 0.2) is 40.5 Å². The highest BCUT2D eigenvalue weighted by Crippen LogP contribution is 2.25. The van der Waals surface area contributed by atoms with Crippen LogP contribution in [0, 0.1) is 5.82 Å². The largest absolute Gasteiger partial charge is 0.511 e. The maximum atomic E-state index is 13.7. The number of esters is 1. The molecule has 7 heteroatoms. The zero-order valence-electron chi connectivity index (χ0n) is 12.0. The molecule has 0 radical (unpaired) electrons. The first-order valence-corrected chi connectivity index (χ1v) is 7.17. The Morgan fingerprint density at radius 3 is 2.73 bits per heavy atom. The third-order valence-electron chi connectivity index (χ3n) is 2.46. The third kappa shape index (κ3) is 5.85. The Bertz CT molecular complexity index is 608. The summed E-state index contributed by atoms with van der Waals surface area (Å²) in [4.78, 5) is 11.5. The van der Waals surface area contributed by atoms with Gasteiger partial charge in [-0.15, -0.1) is 0 Å². The van der Waals surface area contributed by atoms with Crippen molar-refractivity contribution in [3.8, 4) is 5.75 Å². The predicted molar refractivity (Wildman–Crippen MR) is 80.8 cm³/mol. The van der Waals surface area contributed by atoms with Gasteiger partial charge < -0.3 is 14.6 Å². The Balaban J connectivity index is 3.00. The van der Waals surface area contributed by atoms with Crippen molar-refractivity contribution in [2.45, 2.75) is 20.3 Å². The van der Waals surface area contributed by atoms with E-state index in [2.05, 4.69) is 15.9 Å². The molecule has 0 atom stereocenters. The predicted octanol–water partition coefficient (Wildman–Crippen LogP) is 4.31. The molecule has 1 rings (SSSR count). The summed E-state index contributed by atoms with van der Waals surface area (Å²) in [5, 5.41) is 9.16. The van der Waals surface area contributed by atoms with E-state index >= 15 is 0 Å². The van der Waals surface area contributed by atoms with Crippen molar-refractivity contribution in [1.82, 2.24) is 0 Å². The van der Waals surface area contributed by atoms with E-state index in [1.54, 1.807) is 6.92 Å². The summed E-state index contributed by atoms with van der Waals surface area (Å²) in [6.45, 7) is 3.21. The number of ether oxygens (including phenoxy) is 2. The summed E-state index contributed by atoms with van der Waals surface area (Å²) < 4.78 is 36.8. The van der Waals surface area contributed by atoms with Gasteiger partial charge in [0.1, 0.15) is 17.3 Å². The Morgan fingerprint density at radius 2 is 2.14 bits per heavy atom. The average Bonchev–Trinajstić information content (AvgIpc) is 2.41. The lowest BCUT2D eigenvalue weighted by Crippen LogP contribution is -2.09. The number of benzene rings is 1. The van der Waals surface area contributed by atoms with E-state index < -0.39 is 17.8 Å². The number of allylic oxidation sites excluding steroid dienone is 3. The Labute approximate surface area is 135 Å². The summed E-state index contributed by atoms with van der Waals surface area (Å²) >= 11 is 2.94. The van der Waals surface area contributed by atoms with Gasteiger partial charge >= 0.3 is 5.97 Å². The molecular formula is C15H15BrF2O4. The van der Waals surface area contributed by atoms with Crippen molar-refractivity contribution in [2.24, 2.45) is 0 Å². The molecule has 0 spiro atoms. The van der Waals surface area contributed by atoms with Crippen LogP contribution in [0.1, 0.15) is 19.4 Å². The van der Waals surface area contributed by atoms with Gasteiger partial charge in [-0.05, 0) is 35.8 Å². The van der Waals surface area contributed by atoms with Crippen molar-refractivity contribution in [1.29, 1.82) is 0 Å². The van der Waals surface area contributed by atoms with Gasteiger partial charge in [0.15, 0.2) is 0 Å². The van der Waals surface area contributed by atoms with E-state index in [9.17, 15) is 13.6 Å². The number of hydrogen-bond donors (Lipinski definition) is 1. The summed E-state index contributed by atoms with van der Waals surface area (Å²) in [6.07, 6.45) is 0.709. The fourth-order valence-corrected chi connectivity index (χ4v) is 1.66. The second-order valence-corrected chi connectivity index (χ2v) is 5.07. The molecule has 0 unspecified atom stereocenters. The van der Waals surface area contributed by atoms with Crippen LogP contribution in [0.3, 0.4) is 0 Å². The monoisotopic (exact) mass is 376 g/mol.